The Labute approximate surface area is 162 Å². The predicted molar refractivity (Wildman–Crippen MR) is 105 cm³/mol. The Hall–Kier alpha value is -3.07. The molecule has 0 saturated heterocycles. The molecule has 0 radical (unpaired) electrons. The number of fused-ring (bicyclic) bond motifs is 1. The zero-order valence-corrected chi connectivity index (χ0v) is 15.4. The van der Waals surface area contributed by atoms with Gasteiger partial charge in [-0.2, -0.15) is 0 Å². The van der Waals surface area contributed by atoms with Crippen molar-refractivity contribution in [3.05, 3.63) is 65.8 Å². The third kappa shape index (κ3) is 5.23. The number of hydroxylamine groups is 1. The predicted octanol–water partition coefficient (Wildman–Crippen LogP) is 1.51. The number of H-pyrrole nitrogens is 1. The molecule has 0 spiro atoms. The lowest BCUT2D eigenvalue weighted by Crippen LogP contribution is -2.28. The van der Waals surface area contributed by atoms with Crippen molar-refractivity contribution in [3.8, 4) is 0 Å². The fraction of sp³-hybridized carbons (Fsp3) is 0.250. The van der Waals surface area contributed by atoms with Gasteiger partial charge in [0.05, 0.1) is 12.3 Å². The maximum atomic E-state index is 11.0. The third-order valence-electron chi connectivity index (χ3n) is 4.43. The highest BCUT2D eigenvalue weighted by atomic mass is 16.5. The second-order valence-corrected chi connectivity index (χ2v) is 6.36. The summed E-state index contributed by atoms with van der Waals surface area (Å²) in [4.78, 5) is 24.9. The van der Waals surface area contributed by atoms with E-state index >= 15 is 0 Å². The van der Waals surface area contributed by atoms with Crippen LogP contribution in [-0.2, 0) is 17.8 Å². The number of rotatable bonds is 9. The van der Waals surface area contributed by atoms with Crippen molar-refractivity contribution >= 4 is 23.0 Å². The monoisotopic (exact) mass is 381 g/mol. The van der Waals surface area contributed by atoms with Crippen LogP contribution in [0.4, 0.5) is 0 Å². The van der Waals surface area contributed by atoms with Gasteiger partial charge in [0.25, 0.3) is 5.91 Å². The summed E-state index contributed by atoms with van der Waals surface area (Å²) in [5, 5.41) is 19.0. The second kappa shape index (κ2) is 9.75. The van der Waals surface area contributed by atoms with Gasteiger partial charge < -0.3 is 10.1 Å². The highest BCUT2D eigenvalue weighted by Crippen LogP contribution is 2.16. The van der Waals surface area contributed by atoms with E-state index in [0.717, 1.165) is 29.6 Å². The van der Waals surface area contributed by atoms with Crippen LogP contribution >= 0.6 is 0 Å². The van der Waals surface area contributed by atoms with Gasteiger partial charge in [0.1, 0.15) is 5.65 Å². The number of carbonyl (C=O) groups is 1. The van der Waals surface area contributed by atoms with Crippen LogP contribution in [-0.4, -0.2) is 55.8 Å². The molecule has 0 unspecified atom stereocenters. The van der Waals surface area contributed by atoms with Crippen LogP contribution in [0.1, 0.15) is 16.8 Å². The van der Waals surface area contributed by atoms with Gasteiger partial charge in [0.2, 0.25) is 0 Å². The van der Waals surface area contributed by atoms with Crippen LogP contribution < -0.4 is 5.48 Å². The van der Waals surface area contributed by atoms with E-state index in [1.807, 2.05) is 24.4 Å². The van der Waals surface area contributed by atoms with Crippen molar-refractivity contribution in [2.24, 2.45) is 0 Å². The van der Waals surface area contributed by atoms with E-state index in [0.29, 0.717) is 18.8 Å². The number of aliphatic hydroxyl groups is 1. The lowest BCUT2D eigenvalue weighted by Gasteiger charge is -2.21. The van der Waals surface area contributed by atoms with E-state index in [9.17, 15) is 9.90 Å². The maximum absolute atomic E-state index is 11.0. The van der Waals surface area contributed by atoms with Gasteiger partial charge in [-0.05, 0) is 41.8 Å². The molecule has 8 heteroatoms. The first-order valence-corrected chi connectivity index (χ1v) is 9.01. The molecule has 1 amide bonds. The zero-order valence-electron chi connectivity index (χ0n) is 15.4. The first-order valence-electron chi connectivity index (χ1n) is 9.01. The van der Waals surface area contributed by atoms with Gasteiger partial charge in [0.15, 0.2) is 0 Å². The van der Waals surface area contributed by atoms with Crippen molar-refractivity contribution in [2.45, 2.75) is 13.0 Å². The van der Waals surface area contributed by atoms with Gasteiger partial charge >= 0.3 is 0 Å². The molecule has 3 aromatic heterocycles. The Balaban J connectivity index is 1.62. The standard InChI is InChI=1S/C20H23N5O3/c26-12-11-25(10-7-16-5-8-21-20-18(16)6-9-22-20)14-15-1-2-17(23-13-15)3-4-19(27)24-28/h1-6,8-9,13,26,28H,7,10-12,14H2,(H,21,22)(H,24,27)/b4-3+. The number of nitrogens with zero attached hydrogens (tertiary/aromatic N) is 3. The van der Waals surface area contributed by atoms with E-state index in [-0.39, 0.29) is 6.61 Å². The van der Waals surface area contributed by atoms with Crippen LogP contribution in [0, 0.1) is 0 Å². The molecule has 0 fully saturated rings. The van der Waals surface area contributed by atoms with Gasteiger partial charge in [-0.15, -0.1) is 0 Å². The van der Waals surface area contributed by atoms with Crippen LogP contribution in [0.15, 0.2) is 48.9 Å². The molecule has 3 aromatic rings. The van der Waals surface area contributed by atoms with Gasteiger partial charge in [0, 0.05) is 49.7 Å². The number of pyridine rings is 2. The number of aromatic nitrogens is 3. The minimum atomic E-state index is -0.604. The molecule has 0 atom stereocenters. The minimum absolute atomic E-state index is 0.0838. The number of hydrogen-bond donors (Lipinski definition) is 4. The van der Waals surface area contributed by atoms with Crippen molar-refractivity contribution in [3.63, 3.8) is 0 Å². The molecule has 3 rings (SSSR count). The molecule has 0 aliphatic carbocycles. The molecular formula is C20H23N5O3. The summed E-state index contributed by atoms with van der Waals surface area (Å²) in [6.45, 7) is 2.11. The molecular weight excluding hydrogens is 358 g/mol. The highest BCUT2D eigenvalue weighted by Gasteiger charge is 2.09. The first-order chi connectivity index (χ1) is 13.7. The van der Waals surface area contributed by atoms with E-state index in [4.69, 9.17) is 5.21 Å². The van der Waals surface area contributed by atoms with Crippen molar-refractivity contribution < 1.29 is 15.1 Å². The molecule has 0 aliphatic heterocycles. The molecule has 3 heterocycles. The number of aliphatic hydroxyl groups excluding tert-OH is 1. The normalized spacial score (nSPS) is 11.5. The molecule has 0 aliphatic rings. The summed E-state index contributed by atoms with van der Waals surface area (Å²) in [6, 6.07) is 7.80. The van der Waals surface area contributed by atoms with Gasteiger partial charge in [-0.1, -0.05) is 6.07 Å². The summed E-state index contributed by atoms with van der Waals surface area (Å²) < 4.78 is 0. The summed E-state index contributed by atoms with van der Waals surface area (Å²) in [6.07, 6.45) is 9.01. The largest absolute Gasteiger partial charge is 0.395 e. The summed E-state index contributed by atoms with van der Waals surface area (Å²) >= 11 is 0. The van der Waals surface area contributed by atoms with Gasteiger partial charge in [-0.3, -0.25) is 19.9 Å². The van der Waals surface area contributed by atoms with Crippen molar-refractivity contribution in [2.75, 3.05) is 19.7 Å². The van der Waals surface area contributed by atoms with Crippen LogP contribution in [0.25, 0.3) is 17.1 Å². The average molecular weight is 381 g/mol. The molecule has 0 saturated carbocycles. The van der Waals surface area contributed by atoms with E-state index < -0.39 is 5.91 Å². The third-order valence-corrected chi connectivity index (χ3v) is 4.43. The molecule has 0 bridgehead atoms. The SMILES string of the molecule is O=C(/C=C/c1ccc(CN(CCO)CCc2ccnc3[nH]ccc23)cn1)NO. The Morgan fingerprint density at radius 3 is 2.86 bits per heavy atom. The number of aromatic amines is 1. The molecule has 0 aromatic carbocycles. The topological polar surface area (TPSA) is 114 Å². The summed E-state index contributed by atoms with van der Waals surface area (Å²) in [5.41, 5.74) is 5.27. The van der Waals surface area contributed by atoms with E-state index in [1.165, 1.54) is 23.2 Å². The maximum Gasteiger partial charge on any atom is 0.267 e. The van der Waals surface area contributed by atoms with Crippen LogP contribution in [0.2, 0.25) is 0 Å². The summed E-state index contributed by atoms with van der Waals surface area (Å²) in [7, 11) is 0. The highest BCUT2D eigenvalue weighted by molar-refractivity contribution is 5.90. The second-order valence-electron chi connectivity index (χ2n) is 6.36. The molecule has 146 valence electrons. The fourth-order valence-corrected chi connectivity index (χ4v) is 3.01. The number of carbonyl (C=O) groups excluding carboxylic acids is 1. The lowest BCUT2D eigenvalue weighted by atomic mass is 10.1. The molecule has 28 heavy (non-hydrogen) atoms. The lowest BCUT2D eigenvalue weighted by molar-refractivity contribution is -0.124. The zero-order chi connectivity index (χ0) is 19.8. The smallest absolute Gasteiger partial charge is 0.267 e. The van der Waals surface area contributed by atoms with Crippen molar-refractivity contribution in [1.29, 1.82) is 0 Å². The number of hydrogen-bond acceptors (Lipinski definition) is 6. The van der Waals surface area contributed by atoms with Crippen LogP contribution in [0.5, 0.6) is 0 Å². The Bertz CT molecular complexity index is 936. The van der Waals surface area contributed by atoms with Crippen LogP contribution in [0.3, 0.4) is 0 Å². The van der Waals surface area contributed by atoms with Gasteiger partial charge in [-0.25, -0.2) is 10.5 Å². The van der Waals surface area contributed by atoms with Crippen molar-refractivity contribution in [1.82, 2.24) is 25.3 Å². The van der Waals surface area contributed by atoms with E-state index in [1.54, 1.807) is 18.5 Å². The Morgan fingerprint density at radius 1 is 1.21 bits per heavy atom. The summed E-state index contributed by atoms with van der Waals surface area (Å²) in [5.74, 6) is -0.604. The fourth-order valence-electron chi connectivity index (χ4n) is 3.01. The number of nitrogens with one attached hydrogen (secondary N) is 2. The quantitative estimate of drug-likeness (QED) is 0.254. The Kier molecular flexibility index (Phi) is 6.85. The Morgan fingerprint density at radius 2 is 2.11 bits per heavy atom. The van der Waals surface area contributed by atoms with E-state index in [2.05, 4.69) is 19.9 Å². The number of amides is 1. The molecule has 8 nitrogen and oxygen atoms in total. The first kappa shape index (κ1) is 19.7. The molecule has 4 N–H and O–H groups in total. The minimum Gasteiger partial charge on any atom is -0.395 e. The average Bonchev–Trinajstić information content (AvgIpc) is 3.21.